The summed E-state index contributed by atoms with van der Waals surface area (Å²) in [6.45, 7) is 1.30. The molecule has 124 valence electrons. The monoisotopic (exact) mass is 326 g/mol. The van der Waals surface area contributed by atoms with E-state index >= 15 is 0 Å². The van der Waals surface area contributed by atoms with Gasteiger partial charge in [0.2, 0.25) is 5.95 Å². The molecule has 2 aromatic rings. The number of methoxy groups -OCH3 is 1. The van der Waals surface area contributed by atoms with Crippen molar-refractivity contribution in [2.24, 2.45) is 0 Å². The van der Waals surface area contributed by atoms with E-state index in [1.807, 2.05) is 0 Å². The molecule has 1 heterocycles. The van der Waals surface area contributed by atoms with Crippen LogP contribution in [0.2, 0.25) is 0 Å². The number of hydrogen-bond acceptors (Lipinski definition) is 5. The van der Waals surface area contributed by atoms with Crippen molar-refractivity contribution in [1.82, 2.24) is 9.97 Å². The van der Waals surface area contributed by atoms with Gasteiger partial charge in [0.1, 0.15) is 5.82 Å². The zero-order valence-electron chi connectivity index (χ0n) is 12.5. The molecule has 0 aliphatic rings. The summed E-state index contributed by atoms with van der Waals surface area (Å²) in [6, 6.07) is 6.39. The maximum Gasteiger partial charge on any atom is 0.416 e. The van der Waals surface area contributed by atoms with Crippen LogP contribution in [0.15, 0.2) is 36.5 Å². The lowest BCUT2D eigenvalue weighted by atomic mass is 10.2. The van der Waals surface area contributed by atoms with Crippen molar-refractivity contribution in [2.75, 3.05) is 30.9 Å². The van der Waals surface area contributed by atoms with Gasteiger partial charge in [0, 0.05) is 32.1 Å². The standard InChI is InChI=1S/C15H17F3N4O/c1-23-10-2-8-19-14-20-9-7-13(22-14)21-12-5-3-11(4-6-12)15(16,17)18/h3-7,9H,2,8,10H2,1H3,(H2,19,20,21,22). The topological polar surface area (TPSA) is 59.1 Å². The predicted molar refractivity (Wildman–Crippen MR) is 81.7 cm³/mol. The Morgan fingerprint density at radius 3 is 2.52 bits per heavy atom. The maximum absolute atomic E-state index is 12.5. The van der Waals surface area contributed by atoms with Crippen molar-refractivity contribution in [2.45, 2.75) is 12.6 Å². The molecular formula is C15H17F3N4O. The van der Waals surface area contributed by atoms with E-state index in [0.717, 1.165) is 18.6 Å². The molecule has 0 saturated heterocycles. The van der Waals surface area contributed by atoms with Crippen molar-refractivity contribution in [1.29, 1.82) is 0 Å². The molecule has 0 fully saturated rings. The Labute approximate surface area is 131 Å². The Hall–Kier alpha value is -2.35. The minimum Gasteiger partial charge on any atom is -0.385 e. The lowest BCUT2D eigenvalue weighted by molar-refractivity contribution is -0.137. The maximum atomic E-state index is 12.5. The van der Waals surface area contributed by atoms with Crippen molar-refractivity contribution >= 4 is 17.5 Å². The number of anilines is 3. The number of halogens is 3. The highest BCUT2D eigenvalue weighted by Gasteiger charge is 2.29. The number of hydrogen-bond donors (Lipinski definition) is 2. The first kappa shape index (κ1) is 17.0. The van der Waals surface area contributed by atoms with E-state index in [9.17, 15) is 13.2 Å². The first-order valence-corrected chi connectivity index (χ1v) is 6.99. The molecule has 0 unspecified atom stereocenters. The zero-order chi connectivity index (χ0) is 16.7. The normalized spacial score (nSPS) is 11.3. The van der Waals surface area contributed by atoms with Crippen molar-refractivity contribution in [3.05, 3.63) is 42.1 Å². The summed E-state index contributed by atoms with van der Waals surface area (Å²) in [5, 5.41) is 5.99. The Morgan fingerprint density at radius 1 is 1.13 bits per heavy atom. The quantitative estimate of drug-likeness (QED) is 0.760. The molecule has 0 amide bonds. The highest BCUT2D eigenvalue weighted by atomic mass is 19.4. The number of rotatable bonds is 7. The molecule has 23 heavy (non-hydrogen) atoms. The van der Waals surface area contributed by atoms with Gasteiger partial charge in [-0.25, -0.2) is 4.98 Å². The van der Waals surface area contributed by atoms with E-state index in [4.69, 9.17) is 4.74 Å². The van der Waals surface area contributed by atoms with Gasteiger partial charge in [-0.1, -0.05) is 0 Å². The Kier molecular flexibility index (Phi) is 5.75. The number of benzene rings is 1. The van der Waals surface area contributed by atoms with Gasteiger partial charge >= 0.3 is 6.18 Å². The van der Waals surface area contributed by atoms with Crippen LogP contribution in [0.4, 0.5) is 30.6 Å². The Bertz CT molecular complexity index is 617. The smallest absolute Gasteiger partial charge is 0.385 e. The van der Waals surface area contributed by atoms with Crippen LogP contribution in [-0.4, -0.2) is 30.2 Å². The lowest BCUT2D eigenvalue weighted by Gasteiger charge is -2.10. The van der Waals surface area contributed by atoms with Gasteiger partial charge in [-0.3, -0.25) is 0 Å². The van der Waals surface area contributed by atoms with Crippen molar-refractivity contribution in [3.8, 4) is 0 Å². The average Bonchev–Trinajstić information content (AvgIpc) is 2.52. The molecule has 0 atom stereocenters. The van der Waals surface area contributed by atoms with Gasteiger partial charge in [0.15, 0.2) is 0 Å². The van der Waals surface area contributed by atoms with E-state index in [1.165, 1.54) is 12.1 Å². The molecule has 0 bridgehead atoms. The van der Waals surface area contributed by atoms with Crippen LogP contribution < -0.4 is 10.6 Å². The molecule has 2 rings (SSSR count). The molecule has 2 N–H and O–H groups in total. The van der Waals surface area contributed by atoms with Gasteiger partial charge < -0.3 is 15.4 Å². The zero-order valence-corrected chi connectivity index (χ0v) is 12.5. The highest BCUT2D eigenvalue weighted by molar-refractivity contribution is 5.57. The molecule has 5 nitrogen and oxygen atoms in total. The molecule has 0 radical (unpaired) electrons. The predicted octanol–water partition coefficient (Wildman–Crippen LogP) is 3.69. The van der Waals surface area contributed by atoms with Crippen LogP contribution in [0.5, 0.6) is 0 Å². The third kappa shape index (κ3) is 5.41. The summed E-state index contributed by atoms with van der Waals surface area (Å²) in [4.78, 5) is 8.31. The Balaban J connectivity index is 1.97. The van der Waals surface area contributed by atoms with Gasteiger partial charge in [-0.15, -0.1) is 0 Å². The fourth-order valence-electron chi connectivity index (χ4n) is 1.82. The first-order valence-electron chi connectivity index (χ1n) is 6.99. The summed E-state index contributed by atoms with van der Waals surface area (Å²) in [5.41, 5.74) is -0.173. The summed E-state index contributed by atoms with van der Waals surface area (Å²) >= 11 is 0. The third-order valence-electron chi connectivity index (χ3n) is 2.95. The van der Waals surface area contributed by atoms with Crippen LogP contribution in [0.3, 0.4) is 0 Å². The average molecular weight is 326 g/mol. The van der Waals surface area contributed by atoms with Crippen LogP contribution in [0.25, 0.3) is 0 Å². The van der Waals surface area contributed by atoms with Gasteiger partial charge in [-0.05, 0) is 36.8 Å². The van der Waals surface area contributed by atoms with E-state index in [1.54, 1.807) is 19.4 Å². The molecule has 0 saturated carbocycles. The SMILES string of the molecule is COCCCNc1nccc(Nc2ccc(C(F)(F)F)cc2)n1. The minimum absolute atomic E-state index is 0.443. The van der Waals surface area contributed by atoms with Crippen LogP contribution in [0.1, 0.15) is 12.0 Å². The summed E-state index contributed by atoms with van der Waals surface area (Å²) in [5.74, 6) is 0.937. The second kappa shape index (κ2) is 7.77. The van der Waals surface area contributed by atoms with Crippen LogP contribution in [0, 0.1) is 0 Å². The van der Waals surface area contributed by atoms with E-state index in [0.29, 0.717) is 30.6 Å². The fourth-order valence-corrected chi connectivity index (χ4v) is 1.82. The number of ether oxygens (including phenoxy) is 1. The summed E-state index contributed by atoms with van der Waals surface area (Å²) in [6.07, 6.45) is -1.96. The van der Waals surface area contributed by atoms with Crippen molar-refractivity contribution < 1.29 is 17.9 Å². The molecule has 0 spiro atoms. The largest absolute Gasteiger partial charge is 0.416 e. The third-order valence-corrected chi connectivity index (χ3v) is 2.95. The molecule has 8 heteroatoms. The summed E-state index contributed by atoms with van der Waals surface area (Å²) in [7, 11) is 1.63. The fraction of sp³-hybridized carbons (Fsp3) is 0.333. The van der Waals surface area contributed by atoms with Crippen molar-refractivity contribution in [3.63, 3.8) is 0 Å². The molecular weight excluding hydrogens is 309 g/mol. The van der Waals surface area contributed by atoms with Crippen LogP contribution >= 0.6 is 0 Å². The number of nitrogens with zero attached hydrogens (tertiary/aromatic N) is 2. The molecule has 0 aliphatic carbocycles. The van der Waals surface area contributed by atoms with Gasteiger partial charge in [0.05, 0.1) is 5.56 Å². The minimum atomic E-state index is -4.34. The first-order chi connectivity index (χ1) is 11.0. The summed E-state index contributed by atoms with van der Waals surface area (Å²) < 4.78 is 42.5. The lowest BCUT2D eigenvalue weighted by Crippen LogP contribution is -2.08. The highest BCUT2D eigenvalue weighted by Crippen LogP contribution is 2.30. The van der Waals surface area contributed by atoms with E-state index in [2.05, 4.69) is 20.6 Å². The molecule has 1 aromatic heterocycles. The van der Waals surface area contributed by atoms with Gasteiger partial charge in [0.25, 0.3) is 0 Å². The second-order valence-electron chi connectivity index (χ2n) is 4.74. The van der Waals surface area contributed by atoms with Crippen LogP contribution in [-0.2, 0) is 10.9 Å². The number of alkyl halides is 3. The van der Waals surface area contributed by atoms with Gasteiger partial charge in [-0.2, -0.15) is 18.2 Å². The Morgan fingerprint density at radius 2 is 1.87 bits per heavy atom. The number of nitrogens with one attached hydrogen (secondary N) is 2. The van der Waals surface area contributed by atoms with E-state index < -0.39 is 11.7 Å². The van der Waals surface area contributed by atoms with E-state index in [-0.39, 0.29) is 0 Å². The molecule has 0 aliphatic heterocycles. The number of aromatic nitrogens is 2. The molecule has 1 aromatic carbocycles. The second-order valence-corrected chi connectivity index (χ2v) is 4.74.